The van der Waals surface area contributed by atoms with Gasteiger partial charge in [0.2, 0.25) is 0 Å². The van der Waals surface area contributed by atoms with E-state index in [0.717, 1.165) is 25.2 Å². The molecular formula is C20H25N3O2. The number of carbonyl (C=O) groups excluding carboxylic acids is 1. The maximum absolute atomic E-state index is 13.1. The summed E-state index contributed by atoms with van der Waals surface area (Å²) in [6.45, 7) is 4.37. The molecule has 3 heterocycles. The summed E-state index contributed by atoms with van der Waals surface area (Å²) in [6.07, 6.45) is 6.10. The number of benzene rings is 1. The van der Waals surface area contributed by atoms with Crippen molar-refractivity contribution >= 4 is 5.91 Å². The van der Waals surface area contributed by atoms with Crippen molar-refractivity contribution in [2.45, 2.75) is 25.0 Å². The fourth-order valence-electron chi connectivity index (χ4n) is 4.00. The van der Waals surface area contributed by atoms with Gasteiger partial charge < -0.3 is 19.5 Å². The van der Waals surface area contributed by atoms with Crippen LogP contribution in [-0.4, -0.2) is 59.6 Å². The van der Waals surface area contributed by atoms with E-state index in [1.807, 2.05) is 29.2 Å². The minimum Gasteiger partial charge on any atom is -0.373 e. The average Bonchev–Trinajstić information content (AvgIpc) is 3.36. The van der Waals surface area contributed by atoms with Crippen LogP contribution in [0.25, 0.3) is 0 Å². The van der Waals surface area contributed by atoms with Crippen molar-refractivity contribution in [1.82, 2.24) is 14.8 Å². The zero-order valence-corrected chi connectivity index (χ0v) is 14.4. The van der Waals surface area contributed by atoms with Crippen LogP contribution >= 0.6 is 0 Å². The van der Waals surface area contributed by atoms with Crippen molar-refractivity contribution in [3.05, 3.63) is 59.9 Å². The number of morpholine rings is 1. The van der Waals surface area contributed by atoms with Crippen molar-refractivity contribution in [1.29, 1.82) is 0 Å². The lowest BCUT2D eigenvalue weighted by atomic mass is 9.96. The van der Waals surface area contributed by atoms with E-state index < -0.39 is 0 Å². The number of amides is 1. The van der Waals surface area contributed by atoms with Gasteiger partial charge in [-0.2, -0.15) is 0 Å². The number of H-pyrrole nitrogens is 1. The Balaban J connectivity index is 1.63. The van der Waals surface area contributed by atoms with Crippen LogP contribution in [0.3, 0.4) is 0 Å². The Morgan fingerprint density at radius 1 is 1.12 bits per heavy atom. The van der Waals surface area contributed by atoms with Crippen LogP contribution in [0, 0.1) is 0 Å². The summed E-state index contributed by atoms with van der Waals surface area (Å²) in [7, 11) is 0. The molecular weight excluding hydrogens is 314 g/mol. The summed E-state index contributed by atoms with van der Waals surface area (Å²) < 4.78 is 6.16. The largest absolute Gasteiger partial charge is 0.373 e. The zero-order valence-electron chi connectivity index (χ0n) is 14.4. The van der Waals surface area contributed by atoms with Crippen molar-refractivity contribution in [3.63, 3.8) is 0 Å². The highest BCUT2D eigenvalue weighted by Gasteiger charge is 2.37. The number of hydrogen-bond acceptors (Lipinski definition) is 3. The number of nitrogens with zero attached hydrogens (tertiary/aromatic N) is 2. The third kappa shape index (κ3) is 3.48. The van der Waals surface area contributed by atoms with E-state index in [1.165, 1.54) is 12.8 Å². The molecule has 1 N–H and O–H groups in total. The fraction of sp³-hybridized carbons (Fsp3) is 0.450. The molecule has 2 aliphatic rings. The molecule has 2 aromatic rings. The van der Waals surface area contributed by atoms with Gasteiger partial charge in [-0.05, 0) is 37.6 Å². The predicted octanol–water partition coefficient (Wildman–Crippen LogP) is 2.69. The summed E-state index contributed by atoms with van der Waals surface area (Å²) in [5.74, 6) is 0.0739. The molecule has 0 aliphatic carbocycles. The van der Waals surface area contributed by atoms with E-state index in [4.69, 9.17) is 4.74 Å². The number of likely N-dealkylation sites (tertiary alicyclic amines) is 1. The van der Waals surface area contributed by atoms with Gasteiger partial charge in [0.05, 0.1) is 24.3 Å². The second-order valence-electron chi connectivity index (χ2n) is 6.87. The van der Waals surface area contributed by atoms with Gasteiger partial charge >= 0.3 is 0 Å². The minimum atomic E-state index is -0.0436. The van der Waals surface area contributed by atoms with Crippen LogP contribution in [0.4, 0.5) is 0 Å². The Morgan fingerprint density at radius 3 is 2.64 bits per heavy atom. The fourth-order valence-corrected chi connectivity index (χ4v) is 4.00. The lowest BCUT2D eigenvalue weighted by molar-refractivity contribution is -0.0707. The lowest BCUT2D eigenvalue weighted by Gasteiger charge is -2.42. The molecule has 0 unspecified atom stereocenters. The highest BCUT2D eigenvalue weighted by molar-refractivity contribution is 5.94. The molecule has 5 nitrogen and oxygen atoms in total. The highest BCUT2D eigenvalue weighted by Crippen LogP contribution is 2.32. The average molecular weight is 339 g/mol. The zero-order chi connectivity index (χ0) is 17.1. The number of aromatic amines is 1. The van der Waals surface area contributed by atoms with Gasteiger partial charge in [0.25, 0.3) is 5.91 Å². The van der Waals surface area contributed by atoms with Crippen LogP contribution in [0.1, 0.15) is 34.8 Å². The molecule has 1 amide bonds. The Bertz CT molecular complexity index is 680. The van der Waals surface area contributed by atoms with Gasteiger partial charge in [-0.1, -0.05) is 30.3 Å². The molecule has 2 saturated heterocycles. The Morgan fingerprint density at radius 2 is 1.92 bits per heavy atom. The number of carbonyl (C=O) groups is 1. The van der Waals surface area contributed by atoms with Crippen molar-refractivity contribution < 1.29 is 9.53 Å². The molecule has 1 aromatic carbocycles. The van der Waals surface area contributed by atoms with Gasteiger partial charge in [-0.25, -0.2) is 0 Å². The molecule has 25 heavy (non-hydrogen) atoms. The van der Waals surface area contributed by atoms with E-state index in [2.05, 4.69) is 22.0 Å². The van der Waals surface area contributed by atoms with E-state index in [0.29, 0.717) is 18.7 Å². The van der Waals surface area contributed by atoms with Crippen molar-refractivity contribution in [3.8, 4) is 0 Å². The first-order valence-corrected chi connectivity index (χ1v) is 9.15. The number of aromatic nitrogens is 1. The van der Waals surface area contributed by atoms with Crippen molar-refractivity contribution in [2.75, 3.05) is 32.8 Å². The smallest absolute Gasteiger partial charge is 0.256 e. The van der Waals surface area contributed by atoms with Gasteiger partial charge in [0.15, 0.2) is 0 Å². The van der Waals surface area contributed by atoms with E-state index in [1.54, 1.807) is 12.4 Å². The molecule has 0 spiro atoms. The van der Waals surface area contributed by atoms with Gasteiger partial charge in [-0.3, -0.25) is 4.79 Å². The molecule has 5 heteroatoms. The summed E-state index contributed by atoms with van der Waals surface area (Å²) >= 11 is 0. The quantitative estimate of drug-likeness (QED) is 0.932. The van der Waals surface area contributed by atoms with Crippen LogP contribution in [0.2, 0.25) is 0 Å². The molecule has 132 valence electrons. The first-order chi connectivity index (χ1) is 12.3. The summed E-state index contributed by atoms with van der Waals surface area (Å²) in [5.41, 5.74) is 1.86. The van der Waals surface area contributed by atoms with Crippen LogP contribution < -0.4 is 0 Å². The minimum absolute atomic E-state index is 0.0112. The topological polar surface area (TPSA) is 48.6 Å². The van der Waals surface area contributed by atoms with Crippen LogP contribution in [0.15, 0.2) is 48.8 Å². The molecule has 4 rings (SSSR count). The molecule has 1 aromatic heterocycles. The Kier molecular flexibility index (Phi) is 4.85. The molecule has 0 radical (unpaired) electrons. The maximum atomic E-state index is 13.1. The molecule has 0 bridgehead atoms. The van der Waals surface area contributed by atoms with E-state index in [-0.39, 0.29) is 18.1 Å². The first-order valence-electron chi connectivity index (χ1n) is 9.15. The highest BCUT2D eigenvalue weighted by atomic mass is 16.5. The predicted molar refractivity (Wildman–Crippen MR) is 96.4 cm³/mol. The molecule has 0 saturated carbocycles. The Labute approximate surface area is 148 Å². The molecule has 2 aliphatic heterocycles. The summed E-state index contributed by atoms with van der Waals surface area (Å²) in [6, 6.07) is 12.1. The molecule has 2 atom stereocenters. The van der Waals surface area contributed by atoms with Crippen LogP contribution in [0.5, 0.6) is 0 Å². The monoisotopic (exact) mass is 339 g/mol. The molecule has 2 fully saturated rings. The van der Waals surface area contributed by atoms with Crippen molar-refractivity contribution in [2.24, 2.45) is 0 Å². The normalized spacial score (nSPS) is 24.6. The second-order valence-corrected chi connectivity index (χ2v) is 6.87. The lowest BCUT2D eigenvalue weighted by Crippen LogP contribution is -2.51. The standard InChI is InChI=1S/C20H25N3O2/c24-20(17-8-9-21-14-17)23-12-13-25-18(15-22-10-4-5-11-22)19(23)16-6-2-1-3-7-16/h1-3,6-9,14,18-19,21H,4-5,10-13,15H2/t18-,19-/m0/s1. The van der Waals surface area contributed by atoms with E-state index >= 15 is 0 Å². The third-order valence-corrected chi connectivity index (χ3v) is 5.24. The van der Waals surface area contributed by atoms with Gasteiger partial charge in [0.1, 0.15) is 0 Å². The maximum Gasteiger partial charge on any atom is 0.256 e. The second kappa shape index (κ2) is 7.42. The summed E-state index contributed by atoms with van der Waals surface area (Å²) in [5, 5.41) is 0. The number of rotatable bonds is 4. The Hall–Kier alpha value is -2.11. The van der Waals surface area contributed by atoms with Gasteiger partial charge in [-0.15, -0.1) is 0 Å². The third-order valence-electron chi connectivity index (χ3n) is 5.24. The first kappa shape index (κ1) is 16.4. The SMILES string of the molecule is O=C(c1cc[nH]c1)N1CCO[C@@H](CN2CCCC2)[C@@H]1c1ccccc1. The van der Waals surface area contributed by atoms with Crippen LogP contribution in [-0.2, 0) is 4.74 Å². The summed E-state index contributed by atoms with van der Waals surface area (Å²) in [4.78, 5) is 20.5. The van der Waals surface area contributed by atoms with E-state index in [9.17, 15) is 4.79 Å². The number of hydrogen-bond donors (Lipinski definition) is 1. The number of nitrogens with one attached hydrogen (secondary N) is 1. The number of ether oxygens (including phenoxy) is 1. The van der Waals surface area contributed by atoms with Gasteiger partial charge in [0, 0.05) is 25.5 Å².